The Bertz CT molecular complexity index is 787. The van der Waals surface area contributed by atoms with E-state index in [4.69, 9.17) is 4.52 Å². The van der Waals surface area contributed by atoms with Crippen molar-refractivity contribution in [2.75, 3.05) is 5.32 Å². The number of hydrogen-bond acceptors (Lipinski definition) is 4. The molecule has 1 aromatic carbocycles. The first kappa shape index (κ1) is 13.9. The quantitative estimate of drug-likeness (QED) is 0.803. The molecular weight excluding hydrogens is 285 g/mol. The van der Waals surface area contributed by atoms with E-state index in [0.717, 1.165) is 0 Å². The standard InChI is InChI=1S/C16H12FN3O2/c17-13-6-2-1-5-12(13)14-9-11(20-22-14)10-16(21)19-15-7-3-4-8-18-15/h1-9H,10H2,(H,18,19,21). The molecule has 5 nitrogen and oxygen atoms in total. The predicted molar refractivity (Wildman–Crippen MR) is 78.5 cm³/mol. The summed E-state index contributed by atoms with van der Waals surface area (Å²) >= 11 is 0. The van der Waals surface area contributed by atoms with Gasteiger partial charge in [0.25, 0.3) is 0 Å². The summed E-state index contributed by atoms with van der Waals surface area (Å²) in [5.41, 5.74) is 0.734. The highest BCUT2D eigenvalue weighted by Crippen LogP contribution is 2.23. The van der Waals surface area contributed by atoms with Crippen molar-refractivity contribution in [1.29, 1.82) is 0 Å². The third-order valence-electron chi connectivity index (χ3n) is 2.97. The number of halogens is 1. The molecule has 0 bridgehead atoms. The van der Waals surface area contributed by atoms with Crippen LogP contribution in [0.3, 0.4) is 0 Å². The van der Waals surface area contributed by atoms with Gasteiger partial charge in [-0.2, -0.15) is 0 Å². The fourth-order valence-corrected chi connectivity index (χ4v) is 1.97. The average molecular weight is 297 g/mol. The number of carbonyl (C=O) groups is 1. The highest BCUT2D eigenvalue weighted by Gasteiger charge is 2.13. The topological polar surface area (TPSA) is 68.0 Å². The molecule has 1 N–H and O–H groups in total. The summed E-state index contributed by atoms with van der Waals surface area (Å²) in [5, 5.41) is 6.44. The van der Waals surface area contributed by atoms with Gasteiger partial charge in [-0.15, -0.1) is 0 Å². The van der Waals surface area contributed by atoms with Crippen molar-refractivity contribution in [1.82, 2.24) is 10.1 Å². The zero-order valence-corrected chi connectivity index (χ0v) is 11.5. The number of rotatable bonds is 4. The summed E-state index contributed by atoms with van der Waals surface area (Å²) in [6, 6.07) is 13.0. The Kier molecular flexibility index (Phi) is 3.91. The molecule has 0 unspecified atom stereocenters. The average Bonchev–Trinajstić information content (AvgIpc) is 2.97. The van der Waals surface area contributed by atoms with Crippen LogP contribution in [0.25, 0.3) is 11.3 Å². The van der Waals surface area contributed by atoms with Crippen LogP contribution in [-0.2, 0) is 11.2 Å². The van der Waals surface area contributed by atoms with Crippen LogP contribution in [-0.4, -0.2) is 16.0 Å². The molecule has 0 aliphatic rings. The van der Waals surface area contributed by atoms with Gasteiger partial charge in [0.1, 0.15) is 11.6 Å². The zero-order valence-electron chi connectivity index (χ0n) is 11.5. The second kappa shape index (κ2) is 6.17. The summed E-state index contributed by atoms with van der Waals surface area (Å²) in [6.07, 6.45) is 1.61. The summed E-state index contributed by atoms with van der Waals surface area (Å²) in [7, 11) is 0. The van der Waals surface area contributed by atoms with E-state index in [-0.39, 0.29) is 12.3 Å². The van der Waals surface area contributed by atoms with Gasteiger partial charge >= 0.3 is 0 Å². The van der Waals surface area contributed by atoms with E-state index < -0.39 is 5.82 Å². The summed E-state index contributed by atoms with van der Waals surface area (Å²) in [6.45, 7) is 0. The third-order valence-corrected chi connectivity index (χ3v) is 2.97. The van der Waals surface area contributed by atoms with Crippen LogP contribution in [0.2, 0.25) is 0 Å². The smallest absolute Gasteiger partial charge is 0.231 e. The molecule has 0 saturated heterocycles. The largest absolute Gasteiger partial charge is 0.356 e. The number of hydrogen-bond donors (Lipinski definition) is 1. The van der Waals surface area contributed by atoms with Gasteiger partial charge in [0, 0.05) is 12.3 Å². The molecule has 3 aromatic rings. The van der Waals surface area contributed by atoms with Crippen molar-refractivity contribution in [3.05, 3.63) is 66.2 Å². The number of aromatic nitrogens is 2. The monoisotopic (exact) mass is 297 g/mol. The van der Waals surface area contributed by atoms with E-state index in [0.29, 0.717) is 22.8 Å². The molecule has 2 heterocycles. The lowest BCUT2D eigenvalue weighted by Crippen LogP contribution is -2.15. The summed E-state index contributed by atoms with van der Waals surface area (Å²) < 4.78 is 18.8. The molecule has 0 atom stereocenters. The zero-order chi connectivity index (χ0) is 15.4. The Morgan fingerprint density at radius 1 is 1.18 bits per heavy atom. The van der Waals surface area contributed by atoms with Gasteiger partial charge in [0.05, 0.1) is 17.7 Å². The Morgan fingerprint density at radius 3 is 2.77 bits per heavy atom. The van der Waals surface area contributed by atoms with Crippen molar-refractivity contribution < 1.29 is 13.7 Å². The minimum Gasteiger partial charge on any atom is -0.356 e. The molecule has 0 fully saturated rings. The van der Waals surface area contributed by atoms with E-state index in [9.17, 15) is 9.18 Å². The molecule has 0 aliphatic heterocycles. The van der Waals surface area contributed by atoms with Crippen LogP contribution in [0, 0.1) is 5.82 Å². The lowest BCUT2D eigenvalue weighted by molar-refractivity contribution is -0.115. The fourth-order valence-electron chi connectivity index (χ4n) is 1.97. The summed E-state index contributed by atoms with van der Waals surface area (Å²) in [4.78, 5) is 15.9. The van der Waals surface area contributed by atoms with Crippen molar-refractivity contribution in [3.8, 4) is 11.3 Å². The van der Waals surface area contributed by atoms with Crippen molar-refractivity contribution in [2.45, 2.75) is 6.42 Å². The number of carbonyl (C=O) groups excluding carboxylic acids is 1. The maximum atomic E-state index is 13.7. The maximum Gasteiger partial charge on any atom is 0.231 e. The van der Waals surface area contributed by atoms with E-state index in [1.165, 1.54) is 6.07 Å². The van der Waals surface area contributed by atoms with E-state index >= 15 is 0 Å². The SMILES string of the molecule is O=C(Cc1cc(-c2ccccc2F)on1)Nc1ccccn1. The molecule has 0 radical (unpaired) electrons. The molecule has 6 heteroatoms. The van der Waals surface area contributed by atoms with Crippen molar-refractivity contribution >= 4 is 11.7 Å². The summed E-state index contributed by atoms with van der Waals surface area (Å²) in [5.74, 6) is 0.0827. The highest BCUT2D eigenvalue weighted by atomic mass is 19.1. The molecular formula is C16H12FN3O2. The molecule has 0 aliphatic carbocycles. The number of amides is 1. The Labute approximate surface area is 125 Å². The van der Waals surface area contributed by atoms with Crippen LogP contribution in [0.5, 0.6) is 0 Å². The molecule has 22 heavy (non-hydrogen) atoms. The molecule has 110 valence electrons. The molecule has 0 saturated carbocycles. The van der Waals surface area contributed by atoms with Gasteiger partial charge < -0.3 is 9.84 Å². The molecule has 3 rings (SSSR count). The van der Waals surface area contributed by atoms with Gasteiger partial charge in [-0.05, 0) is 24.3 Å². The van der Waals surface area contributed by atoms with Crippen LogP contribution in [0.4, 0.5) is 10.2 Å². The maximum absolute atomic E-state index is 13.7. The Morgan fingerprint density at radius 2 is 2.00 bits per heavy atom. The third kappa shape index (κ3) is 3.17. The van der Waals surface area contributed by atoms with Crippen molar-refractivity contribution in [2.24, 2.45) is 0 Å². The van der Waals surface area contributed by atoms with Crippen LogP contribution in [0.1, 0.15) is 5.69 Å². The minimum absolute atomic E-state index is 0.0223. The van der Waals surface area contributed by atoms with Gasteiger partial charge in [-0.3, -0.25) is 4.79 Å². The molecule has 0 spiro atoms. The number of pyridine rings is 1. The number of anilines is 1. The highest BCUT2D eigenvalue weighted by molar-refractivity contribution is 5.91. The first-order valence-electron chi connectivity index (χ1n) is 6.64. The Hall–Kier alpha value is -3.02. The number of nitrogens with zero attached hydrogens (tertiary/aromatic N) is 2. The lowest BCUT2D eigenvalue weighted by Gasteiger charge is -2.01. The Balaban J connectivity index is 1.70. The van der Waals surface area contributed by atoms with Crippen molar-refractivity contribution in [3.63, 3.8) is 0 Å². The minimum atomic E-state index is -0.400. The van der Waals surface area contributed by atoms with E-state index in [1.54, 1.807) is 48.7 Å². The van der Waals surface area contributed by atoms with Gasteiger partial charge in [-0.25, -0.2) is 9.37 Å². The van der Waals surface area contributed by atoms with Gasteiger partial charge in [0.15, 0.2) is 5.76 Å². The molecule has 2 aromatic heterocycles. The van der Waals surface area contributed by atoms with Gasteiger partial charge in [-0.1, -0.05) is 23.4 Å². The first-order valence-corrected chi connectivity index (χ1v) is 6.64. The fraction of sp³-hybridized carbons (Fsp3) is 0.0625. The first-order chi connectivity index (χ1) is 10.7. The number of benzene rings is 1. The van der Waals surface area contributed by atoms with E-state index in [2.05, 4.69) is 15.5 Å². The lowest BCUT2D eigenvalue weighted by atomic mass is 10.1. The second-order valence-corrected chi connectivity index (χ2v) is 4.60. The van der Waals surface area contributed by atoms with E-state index in [1.807, 2.05) is 0 Å². The normalized spacial score (nSPS) is 10.4. The van der Waals surface area contributed by atoms with Gasteiger partial charge in [0.2, 0.25) is 5.91 Å². The van der Waals surface area contributed by atoms with Crippen LogP contribution >= 0.6 is 0 Å². The van der Waals surface area contributed by atoms with Crippen LogP contribution < -0.4 is 5.32 Å². The predicted octanol–water partition coefficient (Wildman–Crippen LogP) is 3.06. The number of nitrogens with one attached hydrogen (secondary N) is 1. The second-order valence-electron chi connectivity index (χ2n) is 4.60. The van der Waals surface area contributed by atoms with Crippen LogP contribution in [0.15, 0.2) is 59.3 Å². The molecule has 1 amide bonds.